The van der Waals surface area contributed by atoms with E-state index in [2.05, 4.69) is 51.2 Å². The summed E-state index contributed by atoms with van der Waals surface area (Å²) < 4.78 is 7.83. The van der Waals surface area contributed by atoms with Crippen molar-refractivity contribution in [2.75, 3.05) is 24.1 Å². The molecule has 10 nitrogen and oxygen atoms in total. The Morgan fingerprint density at radius 1 is 1.13 bits per heavy atom. The first-order valence-corrected chi connectivity index (χ1v) is 16.3. The normalized spacial score (nSPS) is 17.8. The number of hydrogen-bond donors (Lipinski definition) is 2. The number of rotatable bonds is 7. The quantitative estimate of drug-likeness (QED) is 0.261. The molecule has 3 aromatic rings. The summed E-state index contributed by atoms with van der Waals surface area (Å²) in [6.45, 7) is 11.1. The number of nitrogens with zero attached hydrogens (tertiary/aromatic N) is 4. The molecule has 2 aromatic heterocycles. The van der Waals surface area contributed by atoms with Gasteiger partial charge >= 0.3 is 6.09 Å². The second kappa shape index (κ2) is 13.2. The van der Waals surface area contributed by atoms with Gasteiger partial charge in [0.2, 0.25) is 5.78 Å². The van der Waals surface area contributed by atoms with Crippen LogP contribution >= 0.6 is 15.9 Å². The third-order valence-electron chi connectivity index (χ3n) is 8.15. The van der Waals surface area contributed by atoms with Gasteiger partial charge in [-0.3, -0.25) is 9.59 Å². The number of fused-ring (bicyclic) bond motifs is 1. The largest absolute Gasteiger partial charge is 0.444 e. The first-order chi connectivity index (χ1) is 21.3. The molecule has 5 rings (SSSR count). The fourth-order valence-electron chi connectivity index (χ4n) is 5.82. The summed E-state index contributed by atoms with van der Waals surface area (Å²) in [5.74, 6) is 0.341. The van der Waals surface area contributed by atoms with E-state index < -0.39 is 11.5 Å². The molecular weight excluding hydrogens is 636 g/mol. The minimum atomic E-state index is -0.539. The van der Waals surface area contributed by atoms with Crippen LogP contribution in [0.4, 0.5) is 16.3 Å². The van der Waals surface area contributed by atoms with Crippen LogP contribution in [0.3, 0.4) is 0 Å². The Hall–Kier alpha value is -3.99. The summed E-state index contributed by atoms with van der Waals surface area (Å²) in [6, 6.07) is 9.53. The Morgan fingerprint density at radius 2 is 1.82 bits per heavy atom. The number of anilines is 2. The van der Waals surface area contributed by atoms with Crippen LogP contribution in [0.1, 0.15) is 71.9 Å². The number of hydrogen-bond acceptors (Lipinski definition) is 7. The van der Waals surface area contributed by atoms with Gasteiger partial charge in [-0.1, -0.05) is 44.6 Å². The highest BCUT2D eigenvalue weighted by atomic mass is 79.9. The van der Waals surface area contributed by atoms with Crippen molar-refractivity contribution in [3.05, 3.63) is 64.6 Å². The zero-order valence-electron chi connectivity index (χ0n) is 26.5. The summed E-state index contributed by atoms with van der Waals surface area (Å²) in [5, 5.41) is 7.42. The minimum absolute atomic E-state index is 0.0251. The minimum Gasteiger partial charge on any atom is -0.444 e. The van der Waals surface area contributed by atoms with Gasteiger partial charge in [-0.05, 0) is 91.6 Å². The molecule has 1 aliphatic heterocycles. The molecule has 2 amide bonds. The number of nitrogens with one attached hydrogen (secondary N) is 1. The molecule has 1 atom stereocenters. The number of allylic oxidation sites excluding steroid dienone is 3. The molecule has 3 N–H and O–H groups in total. The van der Waals surface area contributed by atoms with Crippen LogP contribution in [0.5, 0.6) is 0 Å². The Labute approximate surface area is 272 Å². The van der Waals surface area contributed by atoms with Gasteiger partial charge in [0.25, 0.3) is 5.91 Å². The number of aromatic nitrogens is 3. The average Bonchev–Trinajstić information content (AvgIpc) is 3.38. The zero-order valence-corrected chi connectivity index (χ0v) is 28.1. The highest BCUT2D eigenvalue weighted by molar-refractivity contribution is 9.12. The predicted octanol–water partition coefficient (Wildman–Crippen LogP) is 6.87. The van der Waals surface area contributed by atoms with Crippen LogP contribution in [0.15, 0.2) is 58.9 Å². The van der Waals surface area contributed by atoms with Crippen LogP contribution in [0, 0.1) is 11.8 Å². The second-order valence-electron chi connectivity index (χ2n) is 13.2. The van der Waals surface area contributed by atoms with Crippen molar-refractivity contribution in [3.8, 4) is 11.1 Å². The van der Waals surface area contributed by atoms with Crippen molar-refractivity contribution in [1.29, 1.82) is 0 Å². The van der Waals surface area contributed by atoms with E-state index >= 15 is 0 Å². The van der Waals surface area contributed by atoms with Gasteiger partial charge in [-0.2, -0.15) is 5.10 Å². The van der Waals surface area contributed by atoms with Crippen molar-refractivity contribution >= 4 is 50.7 Å². The van der Waals surface area contributed by atoms with E-state index in [4.69, 9.17) is 10.5 Å². The van der Waals surface area contributed by atoms with Gasteiger partial charge in [0.15, 0.2) is 5.82 Å². The molecule has 3 heterocycles. The molecule has 0 bridgehead atoms. The first-order valence-electron chi connectivity index (χ1n) is 15.5. The van der Waals surface area contributed by atoms with Crippen LogP contribution in [0.25, 0.3) is 16.6 Å². The molecule has 1 aliphatic carbocycles. The molecular formula is C34H41BrN6O4. The van der Waals surface area contributed by atoms with Crippen molar-refractivity contribution in [3.63, 3.8) is 0 Å². The molecule has 0 saturated carbocycles. The van der Waals surface area contributed by atoms with Gasteiger partial charge in [0, 0.05) is 36.0 Å². The topological polar surface area (TPSA) is 132 Å². The van der Waals surface area contributed by atoms with E-state index in [1.54, 1.807) is 11.0 Å². The lowest BCUT2D eigenvalue weighted by molar-refractivity contribution is -0.118. The van der Waals surface area contributed by atoms with Crippen molar-refractivity contribution in [1.82, 2.24) is 19.5 Å². The maximum atomic E-state index is 13.2. The summed E-state index contributed by atoms with van der Waals surface area (Å²) in [7, 11) is 0. The van der Waals surface area contributed by atoms with E-state index in [0.29, 0.717) is 40.5 Å². The number of carbonyl (C=O) groups excluding carboxylic acids is 3. The molecule has 2 aliphatic rings. The number of benzene rings is 1. The van der Waals surface area contributed by atoms with E-state index in [-0.39, 0.29) is 29.3 Å². The number of carbonyl (C=O) groups is 3. The summed E-state index contributed by atoms with van der Waals surface area (Å²) in [5.41, 5.74) is 10.0. The third kappa shape index (κ3) is 7.46. The first kappa shape index (κ1) is 32.4. The number of piperidine rings is 1. The Kier molecular flexibility index (Phi) is 9.48. The lowest BCUT2D eigenvalue weighted by atomic mass is 9.90. The fraction of sp³-hybridized carbons (Fsp3) is 0.441. The number of halogens is 1. The fourth-order valence-corrected chi connectivity index (χ4v) is 6.37. The van der Waals surface area contributed by atoms with E-state index in [9.17, 15) is 14.4 Å². The molecule has 1 unspecified atom stereocenters. The van der Waals surface area contributed by atoms with Gasteiger partial charge in [-0.25, -0.2) is 14.3 Å². The molecule has 238 valence electrons. The Bertz CT molecular complexity index is 1660. The maximum Gasteiger partial charge on any atom is 0.410 e. The number of amides is 2. The molecule has 1 fully saturated rings. The number of likely N-dealkylation sites (tertiary alicyclic amines) is 1. The monoisotopic (exact) mass is 676 g/mol. The van der Waals surface area contributed by atoms with Gasteiger partial charge < -0.3 is 20.7 Å². The van der Waals surface area contributed by atoms with Gasteiger partial charge in [0.05, 0.1) is 10.1 Å². The number of nitrogen functional groups attached to an aromatic ring is 1. The molecule has 1 saturated heterocycles. The number of ketones is 1. The second-order valence-corrected chi connectivity index (χ2v) is 14.1. The maximum absolute atomic E-state index is 13.2. The molecule has 45 heavy (non-hydrogen) atoms. The summed E-state index contributed by atoms with van der Waals surface area (Å²) in [6.07, 6.45) is 8.21. The lowest BCUT2D eigenvalue weighted by Gasteiger charge is -2.33. The summed E-state index contributed by atoms with van der Waals surface area (Å²) in [4.78, 5) is 44.5. The molecule has 0 spiro atoms. The van der Waals surface area contributed by atoms with E-state index in [0.717, 1.165) is 42.5 Å². The van der Waals surface area contributed by atoms with Gasteiger partial charge in [-0.15, -0.1) is 0 Å². The average molecular weight is 678 g/mol. The van der Waals surface area contributed by atoms with Crippen LogP contribution in [-0.2, 0) is 14.3 Å². The van der Waals surface area contributed by atoms with Crippen LogP contribution in [0.2, 0.25) is 0 Å². The molecule has 0 radical (unpaired) electrons. The van der Waals surface area contributed by atoms with Crippen LogP contribution in [-0.4, -0.2) is 56.0 Å². The number of nitrogens with two attached hydrogens (primary N) is 1. The van der Waals surface area contributed by atoms with E-state index in [1.807, 2.05) is 55.6 Å². The highest BCUT2D eigenvalue weighted by Gasteiger charge is 2.30. The Morgan fingerprint density at radius 3 is 2.47 bits per heavy atom. The Balaban J connectivity index is 1.33. The standard InChI is InChI=1S/C34H41BrN6O4/c1-20(2)6-7-21-16-26(30(42)27(35)17-21)32(43)39-24-10-8-22(9-11-24)25-18-28(41-29(25)31(36)37-19-38-41)23-12-14-40(15-13-23)33(44)45-34(3,4)5/h8-11,16-21,23H,6-7,12-15H2,1-5H3,(H,39,43)(H2,36,37,38). The predicted molar refractivity (Wildman–Crippen MR) is 179 cm³/mol. The smallest absolute Gasteiger partial charge is 0.410 e. The molecule has 11 heteroatoms. The highest BCUT2D eigenvalue weighted by Crippen LogP contribution is 2.37. The third-order valence-corrected chi connectivity index (χ3v) is 8.78. The van der Waals surface area contributed by atoms with Gasteiger partial charge in [0.1, 0.15) is 17.4 Å². The SMILES string of the molecule is CC(C)CCC1C=C(Br)C(=O)C(C(=O)Nc2ccc(-c3cc(C4CCN(C(=O)OC(C)(C)C)CC4)n4ncnc(N)c34)cc2)=C1. The van der Waals surface area contributed by atoms with E-state index in [1.165, 1.54) is 6.33 Å². The number of ether oxygens (including phenoxy) is 1. The molecule has 1 aromatic carbocycles. The van der Waals surface area contributed by atoms with Crippen molar-refractivity contribution in [2.24, 2.45) is 11.8 Å². The number of Topliss-reactive ketones (excluding diaryl/α,β-unsaturated/α-hetero) is 1. The lowest BCUT2D eigenvalue weighted by Crippen LogP contribution is -2.41. The zero-order chi connectivity index (χ0) is 32.5. The van der Waals surface area contributed by atoms with Crippen molar-refractivity contribution in [2.45, 2.75) is 71.8 Å². The van der Waals surface area contributed by atoms with Crippen LogP contribution < -0.4 is 11.1 Å². The van der Waals surface area contributed by atoms with Crippen molar-refractivity contribution < 1.29 is 19.1 Å². The summed E-state index contributed by atoms with van der Waals surface area (Å²) >= 11 is 3.35.